The molecular formula is C79H152O17P2. The second-order valence-electron chi connectivity index (χ2n) is 28.1. The van der Waals surface area contributed by atoms with Crippen LogP contribution in [0.15, 0.2) is 12.2 Å². The molecule has 2 unspecified atom stereocenters. The highest BCUT2D eigenvalue weighted by molar-refractivity contribution is 7.47. The van der Waals surface area contributed by atoms with Gasteiger partial charge in [-0.25, -0.2) is 9.13 Å². The van der Waals surface area contributed by atoms with Crippen molar-refractivity contribution in [1.82, 2.24) is 0 Å². The van der Waals surface area contributed by atoms with Crippen molar-refractivity contribution in [1.29, 1.82) is 0 Å². The number of carbonyl (C=O) groups excluding carboxylic acids is 4. The molecule has 0 saturated carbocycles. The van der Waals surface area contributed by atoms with E-state index in [2.05, 4.69) is 39.8 Å². The van der Waals surface area contributed by atoms with Crippen LogP contribution in [0.4, 0.5) is 0 Å². The van der Waals surface area contributed by atoms with Crippen molar-refractivity contribution < 1.29 is 80.2 Å². The van der Waals surface area contributed by atoms with E-state index >= 15 is 0 Å². The molecule has 0 bridgehead atoms. The molecule has 0 radical (unpaired) electrons. The lowest BCUT2D eigenvalue weighted by atomic mass is 10.0. The number of ether oxygens (including phenoxy) is 4. The van der Waals surface area contributed by atoms with Gasteiger partial charge in [0.05, 0.1) is 26.4 Å². The Kier molecular flexibility index (Phi) is 71.5. The van der Waals surface area contributed by atoms with Gasteiger partial charge in [0.1, 0.15) is 19.3 Å². The molecule has 0 aromatic carbocycles. The first-order valence-electron chi connectivity index (χ1n) is 40.9. The monoisotopic (exact) mass is 1440 g/mol. The highest BCUT2D eigenvalue weighted by Gasteiger charge is 2.30. The number of esters is 4. The standard InChI is InChI=1S/C79H152O17P2/c1-5-9-13-17-21-25-29-33-35-36-38-42-44-48-52-56-60-64-77(82)90-70-75(96-79(84)66-62-58-54-50-46-40-32-28-24-20-16-12-8-4)72-94-98(87,88)92-68-73(80)67-91-97(85,86)93-71-74(95-78(83)65-61-57-53-49-45-39-31-27-23-19-15-11-7-3)69-89-76(81)63-59-55-51-47-43-41-37-34-30-26-22-18-14-10-6-2/h34,37,73-75,80H,5-33,35-36,38-72H2,1-4H3,(H,85,86)(H,87,88)/b37-34-/t73-,74+,75+/m0/s1. The summed E-state index contributed by atoms with van der Waals surface area (Å²) in [5, 5.41) is 10.6. The van der Waals surface area contributed by atoms with Crippen molar-refractivity contribution in [3.05, 3.63) is 12.2 Å². The number of phosphoric ester groups is 2. The van der Waals surface area contributed by atoms with E-state index in [-0.39, 0.29) is 25.7 Å². The predicted octanol–water partition coefficient (Wildman–Crippen LogP) is 23.6. The van der Waals surface area contributed by atoms with Crippen LogP contribution in [0.5, 0.6) is 0 Å². The summed E-state index contributed by atoms with van der Waals surface area (Å²) in [5.41, 5.74) is 0. The number of hydrogen-bond donors (Lipinski definition) is 3. The molecule has 5 atom stereocenters. The Morgan fingerprint density at radius 2 is 0.469 bits per heavy atom. The summed E-state index contributed by atoms with van der Waals surface area (Å²) in [6.07, 6.45) is 66.1. The number of unbranched alkanes of at least 4 members (excludes halogenated alkanes) is 51. The quantitative estimate of drug-likeness (QED) is 0.0169. The molecule has 17 nitrogen and oxygen atoms in total. The van der Waals surface area contributed by atoms with Gasteiger partial charge in [0.2, 0.25) is 0 Å². The van der Waals surface area contributed by atoms with E-state index < -0.39 is 97.5 Å². The van der Waals surface area contributed by atoms with Gasteiger partial charge in [0.25, 0.3) is 0 Å². The van der Waals surface area contributed by atoms with Crippen LogP contribution in [-0.2, 0) is 65.4 Å². The van der Waals surface area contributed by atoms with Gasteiger partial charge in [-0.2, -0.15) is 0 Å². The van der Waals surface area contributed by atoms with Crippen LogP contribution < -0.4 is 0 Å². The molecule has 19 heteroatoms. The molecule has 0 aliphatic rings. The minimum absolute atomic E-state index is 0.105. The van der Waals surface area contributed by atoms with Gasteiger partial charge < -0.3 is 33.8 Å². The molecule has 0 aliphatic heterocycles. The zero-order valence-electron chi connectivity index (χ0n) is 63.5. The Hall–Kier alpha value is -2.20. The second-order valence-corrected chi connectivity index (χ2v) is 31.0. The van der Waals surface area contributed by atoms with Gasteiger partial charge in [0, 0.05) is 25.7 Å². The highest BCUT2D eigenvalue weighted by Crippen LogP contribution is 2.45. The van der Waals surface area contributed by atoms with E-state index in [9.17, 15) is 43.2 Å². The average molecular weight is 1440 g/mol. The van der Waals surface area contributed by atoms with Gasteiger partial charge in [-0.15, -0.1) is 0 Å². The SMILES string of the molecule is CCCCCCCC/C=C\CCCCCCCC(=O)OC[C@H](COP(=O)(O)OC[C@H](O)COP(=O)(O)OC[C@@H](COC(=O)CCCCCCCCCCCCCCCCCCC)OC(=O)CCCCCCCCCCCCCCC)OC(=O)CCCCCCCCCCCCCCC. The summed E-state index contributed by atoms with van der Waals surface area (Å²) < 4.78 is 68.6. The molecular weight excluding hydrogens is 1280 g/mol. The van der Waals surface area contributed by atoms with Gasteiger partial charge >= 0.3 is 39.5 Å². The van der Waals surface area contributed by atoms with Crippen LogP contribution >= 0.6 is 15.6 Å². The Labute approximate surface area is 600 Å². The minimum atomic E-state index is -4.96. The summed E-state index contributed by atoms with van der Waals surface area (Å²) >= 11 is 0. The third kappa shape index (κ3) is 72.2. The van der Waals surface area contributed by atoms with Crippen molar-refractivity contribution >= 4 is 39.5 Å². The summed E-state index contributed by atoms with van der Waals surface area (Å²) in [5.74, 6) is -2.12. The number of aliphatic hydroxyl groups is 1. The minimum Gasteiger partial charge on any atom is -0.462 e. The fourth-order valence-corrected chi connectivity index (χ4v) is 13.6. The normalized spacial score (nSPS) is 13.9. The van der Waals surface area contributed by atoms with Crippen LogP contribution in [0.1, 0.15) is 413 Å². The molecule has 0 spiro atoms. The lowest BCUT2D eigenvalue weighted by Crippen LogP contribution is -2.30. The van der Waals surface area contributed by atoms with Crippen LogP contribution in [0, 0.1) is 0 Å². The summed E-state index contributed by atoms with van der Waals surface area (Å²) in [6.45, 7) is 4.99. The summed E-state index contributed by atoms with van der Waals surface area (Å²) in [4.78, 5) is 73.0. The van der Waals surface area contributed by atoms with Gasteiger partial charge in [-0.1, -0.05) is 348 Å². The predicted molar refractivity (Wildman–Crippen MR) is 400 cm³/mol. The Morgan fingerprint density at radius 3 is 0.704 bits per heavy atom. The summed E-state index contributed by atoms with van der Waals surface area (Å²) in [6, 6.07) is 0. The van der Waals surface area contributed by atoms with Crippen molar-refractivity contribution in [2.75, 3.05) is 39.6 Å². The van der Waals surface area contributed by atoms with Crippen molar-refractivity contribution in [3.8, 4) is 0 Å². The van der Waals surface area contributed by atoms with Gasteiger partial charge in [0.15, 0.2) is 12.2 Å². The smallest absolute Gasteiger partial charge is 0.462 e. The molecule has 0 amide bonds. The number of allylic oxidation sites excluding steroid dienone is 2. The van der Waals surface area contributed by atoms with E-state index in [0.717, 1.165) is 109 Å². The highest BCUT2D eigenvalue weighted by atomic mass is 31.2. The van der Waals surface area contributed by atoms with E-state index in [1.165, 1.54) is 225 Å². The Morgan fingerprint density at radius 1 is 0.276 bits per heavy atom. The molecule has 0 rings (SSSR count). The lowest BCUT2D eigenvalue weighted by molar-refractivity contribution is -0.161. The molecule has 0 aliphatic carbocycles. The fourth-order valence-electron chi connectivity index (χ4n) is 12.0. The molecule has 3 N–H and O–H groups in total. The van der Waals surface area contributed by atoms with Crippen LogP contribution in [0.25, 0.3) is 0 Å². The lowest BCUT2D eigenvalue weighted by Gasteiger charge is -2.21. The fraction of sp³-hybridized carbons (Fsp3) is 0.924. The molecule has 98 heavy (non-hydrogen) atoms. The Bertz CT molecular complexity index is 1910. The number of carbonyl (C=O) groups is 4. The molecule has 0 heterocycles. The van der Waals surface area contributed by atoms with Crippen LogP contribution in [0.2, 0.25) is 0 Å². The zero-order valence-corrected chi connectivity index (χ0v) is 65.3. The topological polar surface area (TPSA) is 237 Å². The third-order valence-electron chi connectivity index (χ3n) is 18.3. The maximum absolute atomic E-state index is 13.1. The molecule has 0 saturated heterocycles. The van der Waals surface area contributed by atoms with E-state index in [1.54, 1.807) is 0 Å². The van der Waals surface area contributed by atoms with Crippen molar-refractivity contribution in [2.24, 2.45) is 0 Å². The van der Waals surface area contributed by atoms with Crippen molar-refractivity contribution in [3.63, 3.8) is 0 Å². The Balaban J connectivity index is 5.26. The van der Waals surface area contributed by atoms with E-state index in [0.29, 0.717) is 25.7 Å². The maximum atomic E-state index is 13.1. The first kappa shape index (κ1) is 95.8. The summed E-state index contributed by atoms with van der Waals surface area (Å²) in [7, 11) is -9.92. The first-order valence-corrected chi connectivity index (χ1v) is 43.9. The second kappa shape index (κ2) is 73.1. The molecule has 0 fully saturated rings. The number of hydrogen-bond acceptors (Lipinski definition) is 15. The van der Waals surface area contributed by atoms with Gasteiger partial charge in [-0.05, 0) is 51.4 Å². The third-order valence-corrected chi connectivity index (χ3v) is 20.2. The maximum Gasteiger partial charge on any atom is 0.472 e. The van der Waals surface area contributed by atoms with Crippen molar-refractivity contribution in [2.45, 2.75) is 431 Å². The van der Waals surface area contributed by atoms with Gasteiger partial charge in [-0.3, -0.25) is 37.3 Å². The number of rotatable bonds is 79. The molecule has 0 aromatic heterocycles. The van der Waals surface area contributed by atoms with Crippen LogP contribution in [0.3, 0.4) is 0 Å². The van der Waals surface area contributed by atoms with Crippen LogP contribution in [-0.4, -0.2) is 96.7 Å². The molecule has 580 valence electrons. The average Bonchev–Trinajstić information content (AvgIpc) is 0.971. The number of aliphatic hydroxyl groups excluding tert-OH is 1. The first-order chi connectivity index (χ1) is 47.7. The number of phosphoric acid groups is 2. The largest absolute Gasteiger partial charge is 0.472 e. The van der Waals surface area contributed by atoms with E-state index in [4.69, 9.17) is 37.0 Å². The molecule has 0 aromatic rings. The van der Waals surface area contributed by atoms with E-state index in [1.807, 2.05) is 0 Å². The zero-order chi connectivity index (χ0) is 71.8.